The Morgan fingerprint density at radius 2 is 1.96 bits per heavy atom. The second kappa shape index (κ2) is 10.0. The lowest BCUT2D eigenvalue weighted by molar-refractivity contribution is -0.115. The van der Waals surface area contributed by atoms with Gasteiger partial charge < -0.3 is 16.2 Å². The first kappa shape index (κ1) is 13.5. The summed E-state index contributed by atoms with van der Waals surface area (Å²) in [5.41, 5.74) is 6.74. The number of nitrogens with two attached hydrogens (primary N) is 1. The number of thiazole rings is 1. The molecule has 3 aromatic rings. The van der Waals surface area contributed by atoms with Crippen LogP contribution in [0.4, 0.5) is 10.8 Å². The van der Waals surface area contributed by atoms with E-state index in [4.69, 9.17) is 14.0 Å². The molecule has 4 N–H and O–H groups in total. The summed E-state index contributed by atoms with van der Waals surface area (Å²) in [6.07, 6.45) is -10.1. The van der Waals surface area contributed by atoms with Crippen LogP contribution in [-0.2, 0) is 17.6 Å². The van der Waals surface area contributed by atoms with Crippen LogP contribution in [-0.4, -0.2) is 16.0 Å². The highest BCUT2D eigenvalue weighted by molar-refractivity contribution is 7.13. The van der Waals surface area contributed by atoms with Crippen LogP contribution >= 0.6 is 11.3 Å². The molecule has 0 aliphatic rings. The Labute approximate surface area is 177 Å². The lowest BCUT2D eigenvalue weighted by Gasteiger charge is -2.10. The number of aliphatic hydroxyl groups excluding tert-OH is 1. The number of aromatic nitrogens is 1. The molecule has 0 bridgehead atoms. The standard InChI is InChI=1S/C22H25N3O2S/c23-22-25-19(15-28-22)14-21(27)24-18-12-10-16(11-13-18)6-4-5-9-20(26)17-7-2-1-3-8-17/h1-3,7-8,10-13,15,20,26H,4-6,9,14H2,(H2,23,25)(H,24,27)/t20-/m0/s1/i4D2,6D2,9D2. The van der Waals surface area contributed by atoms with Gasteiger partial charge in [-0.2, -0.15) is 0 Å². The fourth-order valence-electron chi connectivity index (χ4n) is 2.46. The summed E-state index contributed by atoms with van der Waals surface area (Å²) in [7, 11) is 0. The van der Waals surface area contributed by atoms with Gasteiger partial charge in [-0.25, -0.2) is 4.98 Å². The Bertz CT molecular complexity index is 1120. The summed E-state index contributed by atoms with van der Waals surface area (Å²) >= 11 is 1.23. The molecule has 0 aliphatic heterocycles. The van der Waals surface area contributed by atoms with Crippen LogP contribution in [0.2, 0.25) is 0 Å². The third-order valence-corrected chi connectivity index (χ3v) is 4.53. The number of aryl methyl sites for hydroxylation is 1. The number of anilines is 2. The van der Waals surface area contributed by atoms with Crippen LogP contribution in [0, 0.1) is 0 Å². The van der Waals surface area contributed by atoms with E-state index in [1.165, 1.54) is 47.7 Å². The van der Waals surface area contributed by atoms with Gasteiger partial charge in [-0.1, -0.05) is 48.9 Å². The molecule has 0 saturated carbocycles. The number of nitrogens with zero attached hydrogens (tertiary/aromatic N) is 1. The number of hydrogen-bond acceptors (Lipinski definition) is 5. The zero-order valence-electron chi connectivity index (χ0n) is 21.1. The van der Waals surface area contributed by atoms with E-state index >= 15 is 0 Å². The first-order valence-corrected chi connectivity index (χ1v) is 9.53. The smallest absolute Gasteiger partial charge is 0.230 e. The minimum atomic E-state index is -2.65. The number of amides is 1. The topological polar surface area (TPSA) is 88.2 Å². The molecule has 3 rings (SSSR count). The molecule has 1 aromatic heterocycles. The second-order valence-electron chi connectivity index (χ2n) is 5.98. The normalized spacial score (nSPS) is 16.6. The lowest BCUT2D eigenvalue weighted by atomic mass is 10.0. The summed E-state index contributed by atoms with van der Waals surface area (Å²) in [4.78, 5) is 16.2. The summed E-state index contributed by atoms with van der Waals surface area (Å²) in [5.74, 6) is -0.334. The molecular weight excluding hydrogens is 370 g/mol. The molecule has 28 heavy (non-hydrogen) atoms. The molecule has 1 atom stereocenters. The Morgan fingerprint density at radius 1 is 1.21 bits per heavy atom. The van der Waals surface area contributed by atoms with Crippen molar-refractivity contribution < 1.29 is 18.1 Å². The monoisotopic (exact) mass is 401 g/mol. The van der Waals surface area contributed by atoms with Crippen molar-refractivity contribution in [3.05, 3.63) is 76.8 Å². The second-order valence-corrected chi connectivity index (χ2v) is 6.86. The van der Waals surface area contributed by atoms with E-state index in [0.717, 1.165) is 0 Å². The number of benzene rings is 2. The first-order valence-electron chi connectivity index (χ1n) is 11.7. The summed E-state index contributed by atoms with van der Waals surface area (Å²) in [6.45, 7) is 0. The Morgan fingerprint density at radius 3 is 2.64 bits per heavy atom. The van der Waals surface area contributed by atoms with E-state index < -0.39 is 31.6 Å². The van der Waals surface area contributed by atoms with E-state index in [0.29, 0.717) is 16.5 Å². The van der Waals surface area contributed by atoms with Gasteiger partial charge in [0, 0.05) is 19.3 Å². The number of rotatable bonds is 9. The van der Waals surface area contributed by atoms with Gasteiger partial charge in [-0.05, 0) is 42.4 Å². The Balaban J connectivity index is 1.70. The van der Waals surface area contributed by atoms with Crippen LogP contribution in [0.3, 0.4) is 0 Å². The molecule has 0 radical (unpaired) electrons. The summed E-state index contributed by atoms with van der Waals surface area (Å²) < 4.78 is 49.9. The number of carbonyl (C=O) groups excluding carboxylic acids is 1. The molecule has 146 valence electrons. The predicted octanol–water partition coefficient (Wildman–Crippen LogP) is 4.35. The highest BCUT2D eigenvalue weighted by atomic mass is 32.1. The summed E-state index contributed by atoms with van der Waals surface area (Å²) in [6, 6.07) is 13.6. The molecule has 5 nitrogen and oxygen atoms in total. The van der Waals surface area contributed by atoms with E-state index in [1.807, 2.05) is 0 Å². The van der Waals surface area contributed by atoms with Gasteiger partial charge in [-0.15, -0.1) is 11.3 Å². The van der Waals surface area contributed by atoms with Crippen LogP contribution in [0.5, 0.6) is 0 Å². The van der Waals surface area contributed by atoms with Gasteiger partial charge in [0.25, 0.3) is 0 Å². The first-order chi connectivity index (χ1) is 15.8. The lowest BCUT2D eigenvalue weighted by Crippen LogP contribution is -2.14. The predicted molar refractivity (Wildman–Crippen MR) is 114 cm³/mol. The Kier molecular flexibility index (Phi) is 4.82. The van der Waals surface area contributed by atoms with Gasteiger partial charge in [-0.3, -0.25) is 4.79 Å². The maximum absolute atomic E-state index is 12.2. The van der Waals surface area contributed by atoms with Crippen molar-refractivity contribution >= 4 is 28.1 Å². The van der Waals surface area contributed by atoms with Crippen LogP contribution < -0.4 is 11.1 Å². The molecule has 6 heteroatoms. The van der Waals surface area contributed by atoms with Gasteiger partial charge in [0.2, 0.25) is 5.91 Å². The molecule has 0 spiro atoms. The van der Waals surface area contributed by atoms with E-state index in [-0.39, 0.29) is 23.5 Å². The molecule has 1 heterocycles. The van der Waals surface area contributed by atoms with Gasteiger partial charge in [0.1, 0.15) is 0 Å². The number of aliphatic hydroxyl groups is 1. The third kappa shape index (κ3) is 6.18. The fraction of sp³-hybridized carbons (Fsp3) is 0.273. The SMILES string of the molecule is [2H]C([2H])(CC([2H])([2H])C([2H])([2H])c1ccc(NC(=O)Cc2csc(N)n2)cc1)[C@H](O)c1ccccc1. The molecule has 0 unspecified atom stereocenters. The third-order valence-electron chi connectivity index (χ3n) is 3.81. The van der Waals surface area contributed by atoms with Gasteiger partial charge in [0.15, 0.2) is 5.13 Å². The van der Waals surface area contributed by atoms with E-state index in [2.05, 4.69) is 10.3 Å². The maximum atomic E-state index is 12.2. The number of nitrogen functional groups attached to an aromatic ring is 1. The average Bonchev–Trinajstić information content (AvgIpc) is 3.17. The van der Waals surface area contributed by atoms with Crippen molar-refractivity contribution in [2.45, 2.75) is 38.1 Å². The van der Waals surface area contributed by atoms with Crippen molar-refractivity contribution in [2.24, 2.45) is 0 Å². The maximum Gasteiger partial charge on any atom is 0.230 e. The van der Waals surface area contributed by atoms with Crippen LogP contribution in [0.25, 0.3) is 0 Å². The van der Waals surface area contributed by atoms with Crippen LogP contribution in [0.15, 0.2) is 60.0 Å². The largest absolute Gasteiger partial charge is 0.388 e. The van der Waals surface area contributed by atoms with Gasteiger partial charge in [0.05, 0.1) is 18.2 Å². The summed E-state index contributed by atoms with van der Waals surface area (Å²) in [5, 5.41) is 15.2. The molecule has 0 aliphatic carbocycles. The highest BCUT2D eigenvalue weighted by Crippen LogP contribution is 2.20. The molecule has 2 aromatic carbocycles. The number of carbonyl (C=O) groups is 1. The minimum Gasteiger partial charge on any atom is -0.388 e. The molecule has 0 fully saturated rings. The highest BCUT2D eigenvalue weighted by Gasteiger charge is 2.08. The number of nitrogens with one attached hydrogen (secondary N) is 1. The zero-order valence-corrected chi connectivity index (χ0v) is 15.9. The van der Waals surface area contributed by atoms with Crippen molar-refractivity contribution in [3.8, 4) is 0 Å². The van der Waals surface area contributed by atoms with Crippen molar-refractivity contribution in [1.82, 2.24) is 4.98 Å². The zero-order chi connectivity index (χ0) is 25.1. The van der Waals surface area contributed by atoms with Crippen molar-refractivity contribution in [2.75, 3.05) is 11.1 Å². The number of hydrogen-bond donors (Lipinski definition) is 3. The van der Waals surface area contributed by atoms with Crippen molar-refractivity contribution in [3.63, 3.8) is 0 Å². The quantitative estimate of drug-likeness (QED) is 0.497. The minimum absolute atomic E-state index is 0.0206. The van der Waals surface area contributed by atoms with Crippen molar-refractivity contribution in [1.29, 1.82) is 0 Å². The Hall–Kier alpha value is -2.70. The van der Waals surface area contributed by atoms with E-state index in [1.54, 1.807) is 23.6 Å². The van der Waals surface area contributed by atoms with Gasteiger partial charge >= 0.3 is 0 Å². The molecule has 1 amide bonds. The molecule has 0 saturated heterocycles. The fourth-order valence-corrected chi connectivity index (χ4v) is 3.02. The van der Waals surface area contributed by atoms with E-state index in [9.17, 15) is 9.90 Å². The molecular formula is C22H25N3O2S. The van der Waals surface area contributed by atoms with Crippen LogP contribution in [0.1, 0.15) is 50.3 Å². The average molecular weight is 402 g/mol.